The van der Waals surface area contributed by atoms with Crippen LogP contribution in [-0.2, 0) is 28.0 Å². The van der Waals surface area contributed by atoms with E-state index in [0.717, 1.165) is 37.7 Å². The van der Waals surface area contributed by atoms with E-state index < -0.39 is 23.9 Å². The first-order valence-corrected chi connectivity index (χ1v) is 12.6. The molecular formula is C24H40N6O5. The molecule has 1 saturated heterocycles. The Hall–Kier alpha value is -2.95. The Balaban J connectivity index is 2.03. The number of nitrogens with zero attached hydrogens (tertiary/aromatic N) is 4. The molecule has 1 fully saturated rings. The van der Waals surface area contributed by atoms with E-state index in [4.69, 9.17) is 0 Å². The fraction of sp³-hybridized carbons (Fsp3) is 0.708. The Morgan fingerprint density at radius 1 is 1.29 bits per heavy atom. The van der Waals surface area contributed by atoms with Crippen LogP contribution in [0.1, 0.15) is 70.8 Å². The molecule has 5 amide bonds. The zero-order valence-electron chi connectivity index (χ0n) is 21.1. The van der Waals surface area contributed by atoms with E-state index in [9.17, 15) is 24.4 Å². The number of rotatable bonds is 14. The molecule has 0 aliphatic carbocycles. The van der Waals surface area contributed by atoms with Gasteiger partial charge in [0, 0.05) is 31.9 Å². The number of carbonyl (C=O) groups excluding carboxylic acids is 4. The third-order valence-corrected chi connectivity index (χ3v) is 6.45. The second-order valence-corrected chi connectivity index (χ2v) is 9.34. The van der Waals surface area contributed by atoms with Crippen LogP contribution in [0.3, 0.4) is 0 Å². The molecule has 2 rings (SSSR count). The van der Waals surface area contributed by atoms with E-state index in [0.29, 0.717) is 43.2 Å². The van der Waals surface area contributed by atoms with Gasteiger partial charge in [-0.1, -0.05) is 46.0 Å². The molecule has 1 aromatic rings. The fourth-order valence-electron chi connectivity index (χ4n) is 4.73. The van der Waals surface area contributed by atoms with Crippen molar-refractivity contribution in [3.63, 3.8) is 0 Å². The SMILES string of the molecule is CCCCC(CCC)CC(CN(O)C=O)C(=O)N1CCCC1C(=O)NC(=O)NCc1cnn(C)c1. The number of urea groups is 1. The van der Waals surface area contributed by atoms with Gasteiger partial charge in [0.15, 0.2) is 0 Å². The molecule has 0 radical (unpaired) electrons. The van der Waals surface area contributed by atoms with Gasteiger partial charge in [0.25, 0.3) is 5.91 Å². The maximum absolute atomic E-state index is 13.5. The van der Waals surface area contributed by atoms with Crippen molar-refractivity contribution in [2.75, 3.05) is 13.1 Å². The molecule has 3 N–H and O–H groups in total. The quantitative estimate of drug-likeness (QED) is 0.207. The van der Waals surface area contributed by atoms with E-state index in [1.165, 1.54) is 4.90 Å². The van der Waals surface area contributed by atoms with Gasteiger partial charge in [-0.25, -0.2) is 9.86 Å². The highest BCUT2D eigenvalue weighted by atomic mass is 16.5. The predicted molar refractivity (Wildman–Crippen MR) is 129 cm³/mol. The van der Waals surface area contributed by atoms with Gasteiger partial charge >= 0.3 is 6.03 Å². The van der Waals surface area contributed by atoms with Crippen LogP contribution in [0.25, 0.3) is 0 Å². The largest absolute Gasteiger partial charge is 0.334 e. The van der Waals surface area contributed by atoms with Crippen molar-refractivity contribution in [1.82, 2.24) is 30.4 Å². The topological polar surface area (TPSA) is 137 Å². The molecule has 2 heterocycles. The lowest BCUT2D eigenvalue weighted by Crippen LogP contribution is -2.52. The molecule has 0 saturated carbocycles. The summed E-state index contributed by atoms with van der Waals surface area (Å²) in [6.07, 6.45) is 10.3. The summed E-state index contributed by atoms with van der Waals surface area (Å²) in [6, 6.07) is -1.41. The average molecular weight is 493 g/mol. The van der Waals surface area contributed by atoms with Crippen molar-refractivity contribution in [1.29, 1.82) is 0 Å². The normalized spacial score (nSPS) is 17.0. The van der Waals surface area contributed by atoms with E-state index in [-0.39, 0.29) is 19.0 Å². The Morgan fingerprint density at radius 2 is 2.06 bits per heavy atom. The lowest BCUT2D eigenvalue weighted by molar-refractivity contribution is -0.158. The highest BCUT2D eigenvalue weighted by molar-refractivity contribution is 5.99. The zero-order chi connectivity index (χ0) is 25.8. The number of imide groups is 1. The number of amides is 5. The summed E-state index contributed by atoms with van der Waals surface area (Å²) in [5.41, 5.74) is 0.795. The lowest BCUT2D eigenvalue weighted by atomic mass is 9.86. The minimum absolute atomic E-state index is 0.120. The van der Waals surface area contributed by atoms with Gasteiger partial charge in [0.2, 0.25) is 12.3 Å². The molecule has 196 valence electrons. The smallest absolute Gasteiger partial charge is 0.321 e. The number of likely N-dealkylation sites (tertiary alicyclic amines) is 1. The zero-order valence-corrected chi connectivity index (χ0v) is 21.1. The van der Waals surface area contributed by atoms with Crippen molar-refractivity contribution < 1.29 is 24.4 Å². The van der Waals surface area contributed by atoms with E-state index in [1.54, 1.807) is 24.1 Å². The Labute approximate surface area is 207 Å². The van der Waals surface area contributed by atoms with Gasteiger partial charge in [-0.15, -0.1) is 0 Å². The average Bonchev–Trinajstić information content (AvgIpc) is 3.49. The van der Waals surface area contributed by atoms with Crippen LogP contribution in [0, 0.1) is 11.8 Å². The second-order valence-electron chi connectivity index (χ2n) is 9.34. The van der Waals surface area contributed by atoms with Crippen LogP contribution in [0.2, 0.25) is 0 Å². The monoisotopic (exact) mass is 492 g/mol. The number of hydrogen-bond donors (Lipinski definition) is 3. The van der Waals surface area contributed by atoms with Crippen molar-refractivity contribution in [3.05, 3.63) is 18.0 Å². The maximum atomic E-state index is 13.5. The first kappa shape index (κ1) is 28.3. The molecule has 0 spiro atoms. The van der Waals surface area contributed by atoms with Gasteiger partial charge in [-0.2, -0.15) is 5.10 Å². The number of unbranched alkanes of at least 4 members (excludes halogenated alkanes) is 1. The molecule has 1 aliphatic heterocycles. The number of aryl methyl sites for hydroxylation is 1. The molecule has 35 heavy (non-hydrogen) atoms. The maximum Gasteiger partial charge on any atom is 0.321 e. The lowest BCUT2D eigenvalue weighted by Gasteiger charge is -2.31. The summed E-state index contributed by atoms with van der Waals surface area (Å²) in [7, 11) is 1.77. The van der Waals surface area contributed by atoms with E-state index in [1.807, 2.05) is 0 Å². The number of carbonyl (C=O) groups is 4. The standard InChI is InChI=1S/C24H40N6O5/c1-4-6-9-18(8-5-2)12-20(16-29(35)17-31)23(33)30-11-7-10-21(30)22(32)27-24(34)25-13-19-14-26-28(3)15-19/h14-15,17-18,20-21,35H,4-13,16H2,1-3H3,(H2,25,27,32,34). The van der Waals surface area contributed by atoms with Crippen molar-refractivity contribution in [2.45, 2.75) is 77.8 Å². The van der Waals surface area contributed by atoms with Crippen LogP contribution < -0.4 is 10.6 Å². The van der Waals surface area contributed by atoms with E-state index >= 15 is 0 Å². The molecule has 11 nitrogen and oxygen atoms in total. The summed E-state index contributed by atoms with van der Waals surface area (Å²) in [5, 5.41) is 19.3. The third kappa shape index (κ3) is 8.97. The number of aromatic nitrogens is 2. The summed E-state index contributed by atoms with van der Waals surface area (Å²) in [4.78, 5) is 51.2. The molecule has 11 heteroatoms. The van der Waals surface area contributed by atoms with Crippen molar-refractivity contribution in [2.24, 2.45) is 18.9 Å². The fourth-order valence-corrected chi connectivity index (χ4v) is 4.73. The minimum atomic E-state index is -0.766. The van der Waals surface area contributed by atoms with Crippen LogP contribution >= 0.6 is 0 Å². The van der Waals surface area contributed by atoms with Crippen molar-refractivity contribution >= 4 is 24.3 Å². The summed E-state index contributed by atoms with van der Waals surface area (Å²) >= 11 is 0. The van der Waals surface area contributed by atoms with E-state index in [2.05, 4.69) is 29.6 Å². The Morgan fingerprint density at radius 3 is 2.69 bits per heavy atom. The Kier molecular flexibility index (Phi) is 11.7. The molecule has 1 aromatic heterocycles. The van der Waals surface area contributed by atoms with Crippen LogP contribution in [0.4, 0.5) is 4.79 Å². The number of hydroxylamine groups is 2. The highest BCUT2D eigenvalue weighted by Crippen LogP contribution is 2.28. The molecule has 0 aromatic carbocycles. The van der Waals surface area contributed by atoms with Gasteiger partial charge in [0.05, 0.1) is 18.7 Å². The molecule has 0 bridgehead atoms. The molecular weight excluding hydrogens is 452 g/mol. The first-order chi connectivity index (χ1) is 16.8. The predicted octanol–water partition coefficient (Wildman–Crippen LogP) is 2.20. The van der Waals surface area contributed by atoms with Gasteiger partial charge in [-0.3, -0.25) is 29.6 Å². The second kappa shape index (κ2) is 14.4. The third-order valence-electron chi connectivity index (χ3n) is 6.45. The van der Waals surface area contributed by atoms with Crippen LogP contribution in [-0.4, -0.2) is 68.3 Å². The van der Waals surface area contributed by atoms with Gasteiger partial charge in [0.1, 0.15) is 6.04 Å². The Bertz CT molecular complexity index is 844. The highest BCUT2D eigenvalue weighted by Gasteiger charge is 2.38. The summed E-state index contributed by atoms with van der Waals surface area (Å²) in [5.74, 6) is -1.13. The summed E-state index contributed by atoms with van der Waals surface area (Å²) in [6.45, 7) is 4.71. The minimum Gasteiger partial charge on any atom is -0.334 e. The van der Waals surface area contributed by atoms with Gasteiger partial charge in [-0.05, 0) is 25.2 Å². The van der Waals surface area contributed by atoms with Gasteiger partial charge < -0.3 is 10.2 Å². The molecule has 3 unspecified atom stereocenters. The van der Waals surface area contributed by atoms with Crippen molar-refractivity contribution in [3.8, 4) is 0 Å². The van der Waals surface area contributed by atoms with Crippen LogP contribution in [0.15, 0.2) is 12.4 Å². The molecule has 3 atom stereocenters. The molecule has 1 aliphatic rings. The number of nitrogens with one attached hydrogen (secondary N) is 2. The number of hydrogen-bond acceptors (Lipinski definition) is 6. The first-order valence-electron chi connectivity index (χ1n) is 12.6. The van der Waals surface area contributed by atoms with Crippen LogP contribution in [0.5, 0.6) is 0 Å². The summed E-state index contributed by atoms with van der Waals surface area (Å²) < 4.78 is 1.62.